The van der Waals surface area contributed by atoms with Gasteiger partial charge in [-0.15, -0.1) is 11.3 Å². The smallest absolute Gasteiger partial charge is 0.132 e. The van der Waals surface area contributed by atoms with Crippen LogP contribution < -0.4 is 4.74 Å². The summed E-state index contributed by atoms with van der Waals surface area (Å²) in [5, 5.41) is 0. The number of nitrogens with zero attached hydrogens (tertiary/aromatic N) is 2. The normalized spacial score (nSPS) is 13.7. The number of thiophene rings is 1. The zero-order valence-corrected chi connectivity index (χ0v) is 36.8. The highest BCUT2D eigenvalue weighted by Gasteiger charge is 2.42. The molecule has 304 valence electrons. The van der Waals surface area contributed by atoms with Gasteiger partial charge in [-0.2, -0.15) is 8.75 Å². The number of aryl methyl sites for hydroxylation is 1. The maximum absolute atomic E-state index is 15.4. The molecule has 0 spiro atoms. The summed E-state index contributed by atoms with van der Waals surface area (Å²) in [4.78, 5) is 1.94. The lowest BCUT2D eigenvalue weighted by Crippen LogP contribution is -2.22. The van der Waals surface area contributed by atoms with Crippen molar-refractivity contribution in [3.63, 3.8) is 0 Å². The molecule has 0 saturated heterocycles. The van der Waals surface area contributed by atoms with Crippen molar-refractivity contribution in [3.05, 3.63) is 148 Å². The molecule has 6 aromatic rings. The molecule has 0 aliphatic heterocycles. The number of halogens is 1. The monoisotopic (exact) mass is 828 g/mol. The van der Waals surface area contributed by atoms with Crippen LogP contribution in [0.4, 0.5) is 4.39 Å². The van der Waals surface area contributed by atoms with E-state index >= 15 is 4.39 Å². The molecule has 1 atom stereocenters. The van der Waals surface area contributed by atoms with E-state index in [-0.39, 0.29) is 5.82 Å². The van der Waals surface area contributed by atoms with Crippen molar-refractivity contribution in [1.29, 1.82) is 0 Å². The Balaban J connectivity index is 1.29. The summed E-state index contributed by atoms with van der Waals surface area (Å²) in [6.45, 7) is 10.9. The lowest BCUT2D eigenvalue weighted by molar-refractivity contribution is 0.309. The highest BCUT2D eigenvalue weighted by atomic mass is 32.1. The number of rotatable bonds is 19. The third kappa shape index (κ3) is 9.45. The average Bonchev–Trinajstić information content (AvgIpc) is 4.02. The van der Waals surface area contributed by atoms with Crippen LogP contribution in [0.15, 0.2) is 126 Å². The molecular formula is C54H53FN2OS2. The minimum absolute atomic E-state index is 0.167. The summed E-state index contributed by atoms with van der Waals surface area (Å²) < 4.78 is 31.5. The zero-order chi connectivity index (χ0) is 41.7. The van der Waals surface area contributed by atoms with E-state index in [4.69, 9.17) is 13.5 Å². The van der Waals surface area contributed by atoms with Gasteiger partial charge in [-0.05, 0) is 131 Å². The quantitative estimate of drug-likeness (QED) is 0.0603. The fourth-order valence-corrected chi connectivity index (χ4v) is 10.0. The van der Waals surface area contributed by atoms with Crippen LogP contribution in [0.1, 0.15) is 115 Å². The summed E-state index contributed by atoms with van der Waals surface area (Å²) in [6.07, 6.45) is 16.7. The summed E-state index contributed by atoms with van der Waals surface area (Å²) in [5.41, 5.74) is 28.3. The van der Waals surface area contributed by atoms with E-state index in [9.17, 15) is 0 Å². The van der Waals surface area contributed by atoms with Crippen molar-refractivity contribution in [2.45, 2.75) is 110 Å². The van der Waals surface area contributed by atoms with Crippen molar-refractivity contribution in [2.75, 3.05) is 6.61 Å². The minimum Gasteiger partial charge on any atom is -0.494 e. The van der Waals surface area contributed by atoms with Gasteiger partial charge in [0.2, 0.25) is 0 Å². The van der Waals surface area contributed by atoms with E-state index in [0.29, 0.717) is 12.2 Å². The van der Waals surface area contributed by atoms with Crippen molar-refractivity contribution >= 4 is 34.1 Å². The van der Waals surface area contributed by atoms with Gasteiger partial charge < -0.3 is 4.74 Å². The zero-order valence-electron chi connectivity index (χ0n) is 35.2. The summed E-state index contributed by atoms with van der Waals surface area (Å²) in [6, 6.07) is 27.6. The number of hydrogen-bond acceptors (Lipinski definition) is 5. The van der Waals surface area contributed by atoms with Crippen LogP contribution in [0.5, 0.6) is 5.75 Å². The van der Waals surface area contributed by atoms with E-state index in [1.165, 1.54) is 59.7 Å². The van der Waals surface area contributed by atoms with Crippen molar-refractivity contribution in [3.8, 4) is 48.9 Å². The molecule has 3 nitrogen and oxygen atoms in total. The third-order valence-electron chi connectivity index (χ3n) is 11.6. The molecule has 2 heterocycles. The second-order valence-corrected chi connectivity index (χ2v) is 17.3. The van der Waals surface area contributed by atoms with E-state index in [0.717, 1.165) is 107 Å². The number of ether oxygens (including phenoxy) is 1. The Bertz CT molecular complexity index is 2700. The van der Waals surface area contributed by atoms with Crippen molar-refractivity contribution in [1.82, 2.24) is 8.75 Å². The first-order valence-electron chi connectivity index (χ1n) is 21.7. The van der Waals surface area contributed by atoms with Gasteiger partial charge >= 0.3 is 0 Å². The predicted octanol–water partition coefficient (Wildman–Crippen LogP) is 15.9. The molecule has 0 N–H and O–H groups in total. The Morgan fingerprint density at radius 3 is 2.08 bits per heavy atom. The van der Waals surface area contributed by atoms with Crippen LogP contribution in [0.25, 0.3) is 54.2 Å². The number of hydrogen-bond donors (Lipinski definition) is 0. The highest BCUT2D eigenvalue weighted by Crippen LogP contribution is 2.54. The van der Waals surface area contributed by atoms with Gasteiger partial charge in [0.1, 0.15) is 22.6 Å². The lowest BCUT2D eigenvalue weighted by Gasteiger charge is -2.29. The van der Waals surface area contributed by atoms with E-state index < -0.39 is 5.41 Å². The molecule has 7 rings (SSSR count). The molecule has 60 heavy (non-hydrogen) atoms. The number of aromatic nitrogens is 2. The minimum atomic E-state index is -0.474. The van der Waals surface area contributed by atoms with E-state index in [1.54, 1.807) is 17.4 Å². The van der Waals surface area contributed by atoms with Crippen LogP contribution >= 0.6 is 23.1 Å². The molecule has 1 unspecified atom stereocenters. The Kier molecular flexibility index (Phi) is 14.7. The molecule has 1 aliphatic carbocycles. The first-order valence-corrected chi connectivity index (χ1v) is 23.2. The number of fused-ring (bicyclic) bond motifs is 4. The molecule has 0 radical (unpaired) electrons. The van der Waals surface area contributed by atoms with Gasteiger partial charge in [0.15, 0.2) is 0 Å². The Labute approximate surface area is 363 Å². The number of benzene rings is 4. The largest absolute Gasteiger partial charge is 0.494 e. The fourth-order valence-electron chi connectivity index (χ4n) is 8.41. The van der Waals surface area contributed by atoms with Crippen molar-refractivity contribution < 1.29 is 9.13 Å². The Morgan fingerprint density at radius 2 is 1.30 bits per heavy atom. The SMILES string of the molecule is C=C=C=C=C=C=C=CC1(CCCCCCCC)c2cc(OCCCC)ccc2-c2ccc(-c3ccc(-c4ccc(-c5ccc(CCCCC)cc5F)s4)c4nsnc34)cc21. The summed E-state index contributed by atoms with van der Waals surface area (Å²) in [7, 11) is 0. The maximum atomic E-state index is 15.4. The average molecular weight is 829 g/mol. The summed E-state index contributed by atoms with van der Waals surface area (Å²) >= 11 is 2.82. The topological polar surface area (TPSA) is 35.0 Å². The number of allylic oxidation sites excluding steroid dienone is 1. The second kappa shape index (κ2) is 20.7. The number of unbranched alkanes of at least 4 members (excludes halogenated alkanes) is 8. The first-order chi connectivity index (χ1) is 29.5. The highest BCUT2D eigenvalue weighted by molar-refractivity contribution is 7.19. The molecule has 6 heteroatoms. The van der Waals surface area contributed by atoms with Crippen LogP contribution in [0, 0.1) is 5.82 Å². The van der Waals surface area contributed by atoms with Gasteiger partial charge in [-0.3, -0.25) is 0 Å². The van der Waals surface area contributed by atoms with Gasteiger partial charge in [0.25, 0.3) is 0 Å². The predicted molar refractivity (Wildman–Crippen MR) is 251 cm³/mol. The molecular weight excluding hydrogens is 776 g/mol. The van der Waals surface area contributed by atoms with Crippen LogP contribution in [-0.4, -0.2) is 15.4 Å². The fraction of sp³-hybridized carbons (Fsp3) is 0.333. The Morgan fingerprint density at radius 1 is 0.650 bits per heavy atom. The molecule has 0 fully saturated rings. The van der Waals surface area contributed by atoms with E-state index in [1.807, 2.05) is 12.1 Å². The van der Waals surface area contributed by atoms with E-state index in [2.05, 4.69) is 128 Å². The first kappa shape index (κ1) is 42.7. The molecule has 1 aliphatic rings. The molecule has 4 aromatic carbocycles. The van der Waals surface area contributed by atoms with Gasteiger partial charge in [0.05, 0.1) is 18.3 Å². The molecule has 0 amide bonds. The molecule has 0 saturated carbocycles. The third-order valence-corrected chi connectivity index (χ3v) is 13.3. The standard InChI is InChI=1S/C54H53FN2OS2/c1-5-9-13-15-17-20-33-54(34-21-18-16-14-10-6-2)47-37-40(24-27-43(47)44-28-25-41(38-48(44)54)58-35-12-8-4)42-29-30-46(53-52(42)56-60-57-53)51-32-31-50(59-51)45-26-23-39(36-49(45)55)22-19-11-7-3/h23-33,36-38H,1,6-8,10-12,14,16,18-19,21-22,34-35H2,2-4H3. The van der Waals surface area contributed by atoms with Gasteiger partial charge in [-0.1, -0.05) is 132 Å². The van der Waals surface area contributed by atoms with Crippen LogP contribution in [-0.2, 0) is 11.8 Å². The molecule has 2 aromatic heterocycles. The lowest BCUT2D eigenvalue weighted by atomic mass is 9.73. The Hall–Kier alpha value is -5.45. The maximum Gasteiger partial charge on any atom is 0.132 e. The molecule has 0 bridgehead atoms. The van der Waals surface area contributed by atoms with Gasteiger partial charge in [0, 0.05) is 31.9 Å². The second-order valence-electron chi connectivity index (χ2n) is 15.7. The van der Waals surface area contributed by atoms with Crippen molar-refractivity contribution in [2.24, 2.45) is 0 Å². The van der Waals surface area contributed by atoms with Crippen LogP contribution in [0.3, 0.4) is 0 Å². The van der Waals surface area contributed by atoms with Gasteiger partial charge in [-0.25, -0.2) is 4.39 Å². The van der Waals surface area contributed by atoms with Crippen LogP contribution in [0.2, 0.25) is 0 Å². The summed E-state index contributed by atoms with van der Waals surface area (Å²) in [5.74, 6) is 0.721.